The van der Waals surface area contributed by atoms with E-state index in [1.54, 1.807) is 46.2 Å². The number of piperidine rings is 1. The van der Waals surface area contributed by atoms with Gasteiger partial charge in [-0.3, -0.25) is 29.0 Å². The number of nitrogens with zero attached hydrogens (tertiary/aromatic N) is 4. The molecule has 0 aliphatic carbocycles. The average Bonchev–Trinajstić information content (AvgIpc) is 3.33. The molecule has 0 bridgehead atoms. The van der Waals surface area contributed by atoms with E-state index in [0.717, 1.165) is 21.6 Å². The number of halogens is 1. The Morgan fingerprint density at radius 3 is 2.22 bits per heavy atom. The van der Waals surface area contributed by atoms with Crippen molar-refractivity contribution in [2.75, 3.05) is 37.6 Å². The first-order valence-electron chi connectivity index (χ1n) is 17.3. The second-order valence-corrected chi connectivity index (χ2v) is 13.5. The number of nitrogens with one attached hydrogen (secondary N) is 2. The van der Waals surface area contributed by atoms with Gasteiger partial charge in [0.2, 0.25) is 17.7 Å². The third-order valence-corrected chi connectivity index (χ3v) is 10.4. The molecule has 3 aromatic carbocycles. The van der Waals surface area contributed by atoms with E-state index in [2.05, 4.69) is 10.6 Å². The maximum atomic E-state index is 14.3. The van der Waals surface area contributed by atoms with Gasteiger partial charge < -0.3 is 20.4 Å². The van der Waals surface area contributed by atoms with Crippen LogP contribution in [0.15, 0.2) is 78.9 Å². The summed E-state index contributed by atoms with van der Waals surface area (Å²) in [5.74, 6) is -1.27. The van der Waals surface area contributed by atoms with Crippen molar-refractivity contribution >= 4 is 46.9 Å². The molecule has 262 valence electrons. The van der Waals surface area contributed by atoms with Gasteiger partial charge in [-0.15, -0.1) is 0 Å². The van der Waals surface area contributed by atoms with E-state index < -0.39 is 29.6 Å². The summed E-state index contributed by atoms with van der Waals surface area (Å²) in [7, 11) is 0. The number of urea groups is 1. The Morgan fingerprint density at radius 2 is 1.56 bits per heavy atom. The first-order valence-corrected chi connectivity index (χ1v) is 17.7. The van der Waals surface area contributed by atoms with Crippen LogP contribution in [0.3, 0.4) is 0 Å². The number of fused-ring (bicyclic) bond motifs is 1. The van der Waals surface area contributed by atoms with Gasteiger partial charge >= 0.3 is 6.03 Å². The van der Waals surface area contributed by atoms with Crippen LogP contribution in [0.2, 0.25) is 5.02 Å². The van der Waals surface area contributed by atoms with Crippen LogP contribution in [0, 0.1) is 0 Å². The number of para-hydroxylation sites is 1. The zero-order valence-corrected chi connectivity index (χ0v) is 29.2. The van der Waals surface area contributed by atoms with Gasteiger partial charge in [-0.2, -0.15) is 0 Å². The van der Waals surface area contributed by atoms with E-state index in [0.29, 0.717) is 36.8 Å². The van der Waals surface area contributed by atoms with E-state index in [4.69, 9.17) is 11.6 Å². The molecule has 3 aliphatic rings. The zero-order valence-electron chi connectivity index (χ0n) is 28.4. The van der Waals surface area contributed by atoms with E-state index >= 15 is 0 Å². The number of carbonyl (C=O) groups is 5. The molecule has 2 atom stereocenters. The van der Waals surface area contributed by atoms with E-state index in [1.165, 1.54) is 4.90 Å². The van der Waals surface area contributed by atoms with Crippen LogP contribution in [0.4, 0.5) is 10.5 Å². The third kappa shape index (κ3) is 6.97. The van der Waals surface area contributed by atoms with Crippen molar-refractivity contribution in [1.82, 2.24) is 25.3 Å². The Bertz CT molecular complexity index is 1740. The number of amides is 6. The average molecular weight is 699 g/mol. The Kier molecular flexibility index (Phi) is 10.5. The van der Waals surface area contributed by atoms with Crippen LogP contribution in [0.5, 0.6) is 0 Å². The van der Waals surface area contributed by atoms with Crippen molar-refractivity contribution in [3.63, 3.8) is 0 Å². The number of hydrogen-bond acceptors (Lipinski definition) is 6. The van der Waals surface area contributed by atoms with Gasteiger partial charge in [-0.25, -0.2) is 4.79 Å². The number of anilines is 1. The van der Waals surface area contributed by atoms with Crippen LogP contribution >= 0.6 is 11.6 Å². The van der Waals surface area contributed by atoms with E-state index in [1.807, 2.05) is 56.3 Å². The monoisotopic (exact) mass is 698 g/mol. The molecule has 6 rings (SSSR count). The third-order valence-electron chi connectivity index (χ3n) is 10.2. The Morgan fingerprint density at radius 1 is 0.920 bits per heavy atom. The molecule has 0 saturated carbocycles. The van der Waals surface area contributed by atoms with Crippen molar-refractivity contribution in [1.29, 1.82) is 0 Å². The zero-order chi connectivity index (χ0) is 35.4. The SMILES string of the molecule is CCN(CC)C(=O)CN1C(=O)N(c2ccccc2)C2(CCN(C(=O)C(Cc3ccc(Cl)cc3)NC(=O)C3Cc4ccccc4CN3)CC2)C1=O. The molecule has 2 saturated heterocycles. The van der Waals surface area contributed by atoms with Crippen LogP contribution in [0.25, 0.3) is 0 Å². The molecule has 3 aromatic rings. The lowest BCUT2D eigenvalue weighted by atomic mass is 9.85. The van der Waals surface area contributed by atoms with Crippen molar-refractivity contribution in [2.24, 2.45) is 0 Å². The minimum absolute atomic E-state index is 0.177. The molecule has 50 heavy (non-hydrogen) atoms. The van der Waals surface area contributed by atoms with Gasteiger partial charge in [0.15, 0.2) is 0 Å². The van der Waals surface area contributed by atoms with Gasteiger partial charge in [0.05, 0.1) is 6.04 Å². The summed E-state index contributed by atoms with van der Waals surface area (Å²) < 4.78 is 0. The molecule has 2 N–H and O–H groups in total. The topological polar surface area (TPSA) is 122 Å². The van der Waals surface area contributed by atoms with Gasteiger partial charge in [0.1, 0.15) is 18.1 Å². The summed E-state index contributed by atoms with van der Waals surface area (Å²) in [5, 5.41) is 6.90. The summed E-state index contributed by atoms with van der Waals surface area (Å²) in [6.45, 7) is 5.21. The molecular formula is C38H43ClN6O5. The molecule has 11 nitrogen and oxygen atoms in total. The Hall–Kier alpha value is -4.74. The standard InChI is InChI=1S/C38H43ClN6O5/c1-3-42(4-2)33(46)25-44-36(49)38(45(37(44)50)30-12-6-5-7-13-30)18-20-43(21-19-38)35(48)32(22-26-14-16-29(39)17-15-26)41-34(47)31-23-27-10-8-9-11-28(27)24-40-31/h5-17,31-32,40H,3-4,18-25H2,1-2H3,(H,41,47). The van der Waals surface area contributed by atoms with Crippen molar-refractivity contribution in [2.45, 2.75) is 63.7 Å². The molecular weight excluding hydrogens is 656 g/mol. The van der Waals surface area contributed by atoms with Crippen LogP contribution in [-0.4, -0.2) is 94.7 Å². The number of rotatable bonds is 10. The summed E-state index contributed by atoms with van der Waals surface area (Å²) in [6.07, 6.45) is 1.11. The molecule has 6 amide bonds. The van der Waals surface area contributed by atoms with Crippen molar-refractivity contribution < 1.29 is 24.0 Å². The summed E-state index contributed by atoms with van der Waals surface area (Å²) in [5.41, 5.74) is 2.38. The number of imide groups is 1. The first kappa shape index (κ1) is 35.1. The predicted molar refractivity (Wildman–Crippen MR) is 190 cm³/mol. The normalized spacial score (nSPS) is 18.9. The number of likely N-dealkylation sites (tertiary alicyclic amines) is 1. The highest BCUT2D eigenvalue weighted by atomic mass is 35.5. The van der Waals surface area contributed by atoms with Gasteiger partial charge in [0, 0.05) is 49.9 Å². The number of hydrogen-bond donors (Lipinski definition) is 2. The van der Waals surface area contributed by atoms with Gasteiger partial charge in [0.25, 0.3) is 5.91 Å². The lowest BCUT2D eigenvalue weighted by molar-refractivity contribution is -0.142. The lowest BCUT2D eigenvalue weighted by Crippen LogP contribution is -2.61. The molecule has 3 heterocycles. The largest absolute Gasteiger partial charge is 0.343 e. The summed E-state index contributed by atoms with van der Waals surface area (Å²) in [6, 6.07) is 22.2. The van der Waals surface area contributed by atoms with Crippen LogP contribution < -0.4 is 15.5 Å². The summed E-state index contributed by atoms with van der Waals surface area (Å²) in [4.78, 5) is 75.0. The van der Waals surface area contributed by atoms with Crippen molar-refractivity contribution in [3.05, 3.63) is 101 Å². The van der Waals surface area contributed by atoms with Gasteiger partial charge in [-0.05, 0) is 74.1 Å². The van der Waals surface area contributed by atoms with Gasteiger partial charge in [-0.1, -0.05) is 66.2 Å². The fourth-order valence-corrected chi connectivity index (χ4v) is 7.47. The summed E-state index contributed by atoms with van der Waals surface area (Å²) >= 11 is 6.13. The number of carbonyl (C=O) groups excluding carboxylic acids is 5. The molecule has 2 unspecified atom stereocenters. The Balaban J connectivity index is 1.22. The lowest BCUT2D eigenvalue weighted by Gasteiger charge is -2.43. The quantitative estimate of drug-likeness (QED) is 0.311. The predicted octanol–water partition coefficient (Wildman–Crippen LogP) is 3.78. The fourth-order valence-electron chi connectivity index (χ4n) is 7.35. The van der Waals surface area contributed by atoms with Crippen LogP contribution in [0.1, 0.15) is 43.4 Å². The van der Waals surface area contributed by atoms with E-state index in [9.17, 15) is 24.0 Å². The molecule has 1 spiro atoms. The minimum atomic E-state index is -1.26. The first-order chi connectivity index (χ1) is 24.1. The number of likely N-dealkylation sites (N-methyl/N-ethyl adjacent to an activating group) is 1. The molecule has 12 heteroatoms. The Labute approximate surface area is 297 Å². The maximum absolute atomic E-state index is 14.3. The smallest absolute Gasteiger partial charge is 0.332 e. The number of benzene rings is 3. The fraction of sp³-hybridized carbons (Fsp3) is 0.395. The molecule has 0 radical (unpaired) electrons. The highest BCUT2D eigenvalue weighted by Crippen LogP contribution is 2.41. The van der Waals surface area contributed by atoms with Crippen molar-refractivity contribution in [3.8, 4) is 0 Å². The highest BCUT2D eigenvalue weighted by molar-refractivity contribution is 6.30. The minimum Gasteiger partial charge on any atom is -0.343 e. The maximum Gasteiger partial charge on any atom is 0.332 e. The van der Waals surface area contributed by atoms with E-state index in [-0.39, 0.29) is 56.6 Å². The second kappa shape index (κ2) is 15.0. The molecule has 2 fully saturated rings. The van der Waals surface area contributed by atoms with Crippen LogP contribution in [-0.2, 0) is 38.6 Å². The molecule has 0 aromatic heterocycles. The molecule has 3 aliphatic heterocycles. The highest BCUT2D eigenvalue weighted by Gasteiger charge is 2.59. The second-order valence-electron chi connectivity index (χ2n) is 13.1.